The van der Waals surface area contributed by atoms with Crippen molar-refractivity contribution in [1.82, 2.24) is 4.98 Å². The van der Waals surface area contributed by atoms with Gasteiger partial charge in [0, 0.05) is 11.4 Å². The van der Waals surface area contributed by atoms with Crippen LogP contribution in [0.25, 0.3) is 0 Å². The molecule has 0 bridgehead atoms. The highest BCUT2D eigenvalue weighted by atomic mass is 16.1. The van der Waals surface area contributed by atoms with Gasteiger partial charge in [0.1, 0.15) is 5.69 Å². The van der Waals surface area contributed by atoms with Gasteiger partial charge in [-0.2, -0.15) is 0 Å². The normalized spacial score (nSPS) is 10.2. The highest BCUT2D eigenvalue weighted by Crippen LogP contribution is 2.14. The summed E-state index contributed by atoms with van der Waals surface area (Å²) in [6.45, 7) is 5.81. The summed E-state index contributed by atoms with van der Waals surface area (Å²) in [5, 5.41) is 2.88. The molecule has 0 saturated heterocycles. The lowest BCUT2D eigenvalue weighted by Crippen LogP contribution is -2.15. The van der Waals surface area contributed by atoms with E-state index in [0.717, 1.165) is 22.5 Å². The molecule has 3 nitrogen and oxygen atoms in total. The molecule has 3 heteroatoms. The number of anilines is 1. The van der Waals surface area contributed by atoms with Gasteiger partial charge >= 0.3 is 0 Å². The highest BCUT2D eigenvalue weighted by Gasteiger charge is 2.09. The number of aromatic nitrogens is 1. The van der Waals surface area contributed by atoms with E-state index in [1.54, 1.807) is 6.07 Å². The summed E-state index contributed by atoms with van der Waals surface area (Å²) in [6, 6.07) is 11.4. The Hall–Kier alpha value is -2.16. The third kappa shape index (κ3) is 2.74. The average molecular weight is 240 g/mol. The molecule has 0 saturated carbocycles. The minimum absolute atomic E-state index is 0.170. The van der Waals surface area contributed by atoms with Crippen LogP contribution in [-0.4, -0.2) is 10.9 Å². The van der Waals surface area contributed by atoms with E-state index in [2.05, 4.69) is 10.3 Å². The molecule has 0 aliphatic carbocycles. The summed E-state index contributed by atoms with van der Waals surface area (Å²) in [5.74, 6) is -0.170. The number of nitrogens with one attached hydrogen (secondary N) is 1. The van der Waals surface area contributed by atoms with E-state index in [4.69, 9.17) is 0 Å². The van der Waals surface area contributed by atoms with Gasteiger partial charge in [0.25, 0.3) is 5.91 Å². The van der Waals surface area contributed by atoms with E-state index >= 15 is 0 Å². The molecule has 0 aliphatic heterocycles. The van der Waals surface area contributed by atoms with Crippen LogP contribution in [0.5, 0.6) is 0 Å². The molecule has 92 valence electrons. The number of carbonyl (C=O) groups excluding carboxylic acids is 1. The number of aryl methyl sites for hydroxylation is 3. The summed E-state index contributed by atoms with van der Waals surface area (Å²) in [5.41, 5.74) is 4.21. The van der Waals surface area contributed by atoms with E-state index in [9.17, 15) is 4.79 Å². The summed E-state index contributed by atoms with van der Waals surface area (Å²) in [6.07, 6.45) is 0. The number of nitrogens with zero attached hydrogens (tertiary/aromatic N) is 1. The second-order valence-electron chi connectivity index (χ2n) is 4.44. The monoisotopic (exact) mass is 240 g/mol. The van der Waals surface area contributed by atoms with Crippen molar-refractivity contribution in [2.45, 2.75) is 20.8 Å². The first kappa shape index (κ1) is 12.3. The van der Waals surface area contributed by atoms with E-state index in [1.807, 2.05) is 51.1 Å². The maximum absolute atomic E-state index is 12.1. The van der Waals surface area contributed by atoms with Crippen molar-refractivity contribution in [3.05, 3.63) is 58.9 Å². The molecule has 0 unspecified atom stereocenters. The summed E-state index contributed by atoms with van der Waals surface area (Å²) in [7, 11) is 0. The predicted octanol–water partition coefficient (Wildman–Crippen LogP) is 3.26. The predicted molar refractivity (Wildman–Crippen MR) is 72.8 cm³/mol. The van der Waals surface area contributed by atoms with Crippen LogP contribution in [-0.2, 0) is 0 Å². The molecule has 0 atom stereocenters. The first-order valence-electron chi connectivity index (χ1n) is 5.88. The van der Waals surface area contributed by atoms with Crippen LogP contribution < -0.4 is 5.32 Å². The fourth-order valence-corrected chi connectivity index (χ4v) is 1.86. The number of benzene rings is 1. The standard InChI is InChI=1S/C15H16N2O/c1-10-8-12(3)16-14(9-10)15(18)17-13-7-5-4-6-11(13)2/h4-9H,1-3H3,(H,17,18). The first-order chi connectivity index (χ1) is 8.56. The van der Waals surface area contributed by atoms with Crippen molar-refractivity contribution < 1.29 is 4.79 Å². The zero-order valence-electron chi connectivity index (χ0n) is 10.8. The minimum Gasteiger partial charge on any atom is -0.320 e. The minimum atomic E-state index is -0.170. The molecule has 1 amide bonds. The molecular weight excluding hydrogens is 224 g/mol. The van der Waals surface area contributed by atoms with Gasteiger partial charge in [0.2, 0.25) is 0 Å². The van der Waals surface area contributed by atoms with E-state index in [1.165, 1.54) is 0 Å². The maximum atomic E-state index is 12.1. The van der Waals surface area contributed by atoms with Gasteiger partial charge in [-0.05, 0) is 50.1 Å². The number of amides is 1. The third-order valence-electron chi connectivity index (χ3n) is 2.72. The van der Waals surface area contributed by atoms with Crippen LogP contribution in [0.3, 0.4) is 0 Å². The maximum Gasteiger partial charge on any atom is 0.274 e. The van der Waals surface area contributed by atoms with Gasteiger partial charge in [-0.25, -0.2) is 4.98 Å². The van der Waals surface area contributed by atoms with Gasteiger partial charge in [-0.15, -0.1) is 0 Å². The Kier molecular flexibility index (Phi) is 3.42. The lowest BCUT2D eigenvalue weighted by molar-refractivity contribution is 0.102. The van der Waals surface area contributed by atoms with Crippen LogP contribution in [0.4, 0.5) is 5.69 Å². The van der Waals surface area contributed by atoms with Gasteiger partial charge in [0.05, 0.1) is 0 Å². The molecule has 0 radical (unpaired) electrons. The van der Waals surface area contributed by atoms with Crippen LogP contribution in [0.1, 0.15) is 27.3 Å². The quantitative estimate of drug-likeness (QED) is 0.875. The van der Waals surface area contributed by atoms with Crippen molar-refractivity contribution >= 4 is 11.6 Å². The smallest absolute Gasteiger partial charge is 0.274 e. The largest absolute Gasteiger partial charge is 0.320 e. The fraction of sp³-hybridized carbons (Fsp3) is 0.200. The fourth-order valence-electron chi connectivity index (χ4n) is 1.86. The number of hydrogen-bond donors (Lipinski definition) is 1. The molecule has 0 aliphatic rings. The Labute approximate surface area is 107 Å². The molecule has 1 N–H and O–H groups in total. The SMILES string of the molecule is Cc1cc(C)nc(C(=O)Nc2ccccc2C)c1. The van der Waals surface area contributed by atoms with Crippen LogP contribution in [0.15, 0.2) is 36.4 Å². The molecule has 0 fully saturated rings. The first-order valence-corrected chi connectivity index (χ1v) is 5.88. The second-order valence-corrected chi connectivity index (χ2v) is 4.44. The van der Waals surface area contributed by atoms with Gasteiger partial charge in [-0.1, -0.05) is 18.2 Å². The number of para-hydroxylation sites is 1. The zero-order valence-corrected chi connectivity index (χ0v) is 10.8. The second kappa shape index (κ2) is 5.00. The molecule has 2 aromatic rings. The topological polar surface area (TPSA) is 42.0 Å². The Bertz CT molecular complexity index is 571. The molecular formula is C15H16N2O. The van der Waals surface area contributed by atoms with Crippen molar-refractivity contribution in [2.75, 3.05) is 5.32 Å². The molecule has 0 spiro atoms. The van der Waals surface area contributed by atoms with Crippen molar-refractivity contribution in [3.63, 3.8) is 0 Å². The molecule has 1 aromatic heterocycles. The van der Waals surface area contributed by atoms with Gasteiger partial charge in [-0.3, -0.25) is 4.79 Å². The highest BCUT2D eigenvalue weighted by molar-refractivity contribution is 6.03. The van der Waals surface area contributed by atoms with Crippen LogP contribution in [0, 0.1) is 20.8 Å². The lowest BCUT2D eigenvalue weighted by atomic mass is 10.2. The number of carbonyl (C=O) groups is 1. The van der Waals surface area contributed by atoms with E-state index in [0.29, 0.717) is 5.69 Å². The summed E-state index contributed by atoms with van der Waals surface area (Å²) >= 11 is 0. The van der Waals surface area contributed by atoms with E-state index in [-0.39, 0.29) is 5.91 Å². The number of pyridine rings is 1. The Morgan fingerprint density at radius 2 is 1.83 bits per heavy atom. The summed E-state index contributed by atoms with van der Waals surface area (Å²) in [4.78, 5) is 16.3. The van der Waals surface area contributed by atoms with Crippen molar-refractivity contribution in [2.24, 2.45) is 0 Å². The molecule has 1 aromatic carbocycles. The Balaban J connectivity index is 2.25. The van der Waals surface area contributed by atoms with Crippen molar-refractivity contribution in [3.8, 4) is 0 Å². The number of hydrogen-bond acceptors (Lipinski definition) is 2. The van der Waals surface area contributed by atoms with Crippen molar-refractivity contribution in [1.29, 1.82) is 0 Å². The molecule has 18 heavy (non-hydrogen) atoms. The zero-order chi connectivity index (χ0) is 13.1. The van der Waals surface area contributed by atoms with Gasteiger partial charge < -0.3 is 5.32 Å². The third-order valence-corrected chi connectivity index (χ3v) is 2.72. The van der Waals surface area contributed by atoms with E-state index < -0.39 is 0 Å². The van der Waals surface area contributed by atoms with Crippen LogP contribution >= 0.6 is 0 Å². The Morgan fingerprint density at radius 1 is 1.11 bits per heavy atom. The Morgan fingerprint density at radius 3 is 2.50 bits per heavy atom. The molecule has 1 heterocycles. The average Bonchev–Trinajstić information content (AvgIpc) is 2.31. The lowest BCUT2D eigenvalue weighted by Gasteiger charge is -2.08. The summed E-state index contributed by atoms with van der Waals surface area (Å²) < 4.78 is 0. The van der Waals surface area contributed by atoms with Crippen LogP contribution in [0.2, 0.25) is 0 Å². The van der Waals surface area contributed by atoms with Gasteiger partial charge in [0.15, 0.2) is 0 Å². The molecule has 2 rings (SSSR count). The number of rotatable bonds is 2.